The molecule has 2 heterocycles. The highest BCUT2D eigenvalue weighted by Gasteiger charge is 2.27. The molecule has 0 unspecified atom stereocenters. The molecule has 1 aliphatic heterocycles. The van der Waals surface area contributed by atoms with Crippen LogP contribution in [0.25, 0.3) is 0 Å². The topological polar surface area (TPSA) is 88.9 Å². The molecule has 0 aliphatic carbocycles. The molecular formula is C25H35N3O5S. The van der Waals surface area contributed by atoms with Gasteiger partial charge in [0, 0.05) is 49.7 Å². The van der Waals surface area contributed by atoms with Gasteiger partial charge in [0.05, 0.1) is 16.1 Å². The lowest BCUT2D eigenvalue weighted by Crippen LogP contribution is -2.31. The highest BCUT2D eigenvalue weighted by atomic mass is 32.2. The molecule has 0 spiro atoms. The van der Waals surface area contributed by atoms with Crippen LogP contribution < -0.4 is 4.90 Å². The van der Waals surface area contributed by atoms with E-state index in [0.717, 1.165) is 43.9 Å². The lowest BCUT2D eigenvalue weighted by molar-refractivity contribution is 0.0475. The third-order valence-electron chi connectivity index (χ3n) is 6.50. The van der Waals surface area contributed by atoms with Crippen molar-refractivity contribution in [1.82, 2.24) is 8.87 Å². The number of esters is 1. The summed E-state index contributed by atoms with van der Waals surface area (Å²) in [6, 6.07) is 6.41. The number of carbonyl (C=O) groups excluding carboxylic acids is 2. The summed E-state index contributed by atoms with van der Waals surface area (Å²) in [7, 11) is -3.74. The molecule has 3 rings (SSSR count). The Kier molecular flexibility index (Phi) is 8.20. The number of ether oxygens (including phenoxy) is 1. The van der Waals surface area contributed by atoms with E-state index in [2.05, 4.69) is 4.90 Å². The number of ketones is 1. The van der Waals surface area contributed by atoms with Gasteiger partial charge in [-0.25, -0.2) is 13.2 Å². The minimum Gasteiger partial charge on any atom is -0.454 e. The van der Waals surface area contributed by atoms with Crippen molar-refractivity contribution in [2.75, 3.05) is 37.7 Å². The molecule has 9 heteroatoms. The number of Topliss-reactive ketones (excluding diaryl/α,β-unsaturated/α-hetero) is 1. The maximum absolute atomic E-state index is 13.1. The Hall–Kier alpha value is -2.65. The number of hydrogen-bond acceptors (Lipinski definition) is 6. The van der Waals surface area contributed by atoms with Crippen LogP contribution in [0.2, 0.25) is 0 Å². The smallest absolute Gasteiger partial charge is 0.340 e. The zero-order chi connectivity index (χ0) is 25.0. The average Bonchev–Trinajstić information content (AvgIpc) is 3.45. The number of rotatable bonds is 10. The van der Waals surface area contributed by atoms with E-state index in [0.29, 0.717) is 24.3 Å². The average molecular weight is 490 g/mol. The molecule has 0 radical (unpaired) electrons. The maximum atomic E-state index is 13.1. The van der Waals surface area contributed by atoms with Gasteiger partial charge in [0.2, 0.25) is 15.8 Å². The van der Waals surface area contributed by atoms with Gasteiger partial charge in [-0.1, -0.05) is 13.8 Å². The number of sulfonamides is 1. The van der Waals surface area contributed by atoms with Crippen LogP contribution in [0.4, 0.5) is 5.69 Å². The zero-order valence-electron chi connectivity index (χ0n) is 20.8. The SMILES string of the molecule is CCN(CC)S(=O)(=O)c1ccc(N2CCCC2)c(C(=O)OCC(=O)c2cc(C)n(CC)c2C)c1. The van der Waals surface area contributed by atoms with Crippen molar-refractivity contribution in [1.29, 1.82) is 0 Å². The van der Waals surface area contributed by atoms with Crippen LogP contribution in [-0.4, -0.2) is 61.8 Å². The summed E-state index contributed by atoms with van der Waals surface area (Å²) in [5, 5.41) is 0. The predicted molar refractivity (Wildman–Crippen MR) is 132 cm³/mol. The molecule has 186 valence electrons. The quantitative estimate of drug-likeness (QED) is 0.373. The third kappa shape index (κ3) is 5.05. The number of benzene rings is 1. The number of nitrogens with zero attached hydrogens (tertiary/aromatic N) is 3. The second kappa shape index (κ2) is 10.7. The highest BCUT2D eigenvalue weighted by molar-refractivity contribution is 7.89. The van der Waals surface area contributed by atoms with Gasteiger partial charge in [0.1, 0.15) is 0 Å². The highest BCUT2D eigenvalue weighted by Crippen LogP contribution is 2.29. The fourth-order valence-electron chi connectivity index (χ4n) is 4.64. The van der Waals surface area contributed by atoms with Crippen LogP contribution >= 0.6 is 0 Å². The largest absolute Gasteiger partial charge is 0.454 e. The number of aryl methyl sites for hydroxylation is 1. The van der Waals surface area contributed by atoms with Crippen LogP contribution in [0, 0.1) is 13.8 Å². The first-order valence-corrected chi connectivity index (χ1v) is 13.4. The van der Waals surface area contributed by atoms with Crippen LogP contribution in [0.15, 0.2) is 29.2 Å². The van der Waals surface area contributed by atoms with Gasteiger partial charge in [0.15, 0.2) is 6.61 Å². The number of carbonyl (C=O) groups is 2. The summed E-state index contributed by atoms with van der Waals surface area (Å²) in [4.78, 5) is 28.1. The summed E-state index contributed by atoms with van der Waals surface area (Å²) < 4.78 is 34.9. The molecule has 1 aromatic heterocycles. The first kappa shape index (κ1) is 26.0. The Morgan fingerprint density at radius 2 is 1.65 bits per heavy atom. The lowest BCUT2D eigenvalue weighted by Gasteiger charge is -2.23. The first-order chi connectivity index (χ1) is 16.1. The molecule has 0 bridgehead atoms. The Morgan fingerprint density at radius 1 is 1.00 bits per heavy atom. The van der Waals surface area contributed by atoms with E-state index in [1.54, 1.807) is 26.0 Å². The van der Waals surface area contributed by atoms with Gasteiger partial charge in [-0.3, -0.25) is 4.79 Å². The Balaban J connectivity index is 1.89. The summed E-state index contributed by atoms with van der Waals surface area (Å²) >= 11 is 0. The fraction of sp³-hybridized carbons (Fsp3) is 0.520. The fourth-order valence-corrected chi connectivity index (χ4v) is 6.13. The van der Waals surface area contributed by atoms with Crippen molar-refractivity contribution in [2.24, 2.45) is 0 Å². The van der Waals surface area contributed by atoms with Crippen molar-refractivity contribution >= 4 is 27.5 Å². The molecular weight excluding hydrogens is 454 g/mol. The van der Waals surface area contributed by atoms with Crippen molar-refractivity contribution < 1.29 is 22.7 Å². The zero-order valence-corrected chi connectivity index (χ0v) is 21.6. The van der Waals surface area contributed by atoms with Gasteiger partial charge >= 0.3 is 5.97 Å². The molecule has 1 saturated heterocycles. The minimum atomic E-state index is -3.74. The van der Waals surface area contributed by atoms with Crippen LogP contribution in [0.1, 0.15) is 65.7 Å². The van der Waals surface area contributed by atoms with Crippen molar-refractivity contribution in [3.8, 4) is 0 Å². The normalized spacial score (nSPS) is 14.1. The summed E-state index contributed by atoms with van der Waals surface area (Å²) in [5.41, 5.74) is 3.15. The van der Waals surface area contributed by atoms with Crippen molar-refractivity contribution in [2.45, 2.75) is 58.9 Å². The molecule has 1 aromatic carbocycles. The summed E-state index contributed by atoms with van der Waals surface area (Å²) in [6.45, 7) is 11.9. The van der Waals surface area contributed by atoms with Crippen LogP contribution in [0.3, 0.4) is 0 Å². The van der Waals surface area contributed by atoms with Gasteiger partial charge in [-0.05, 0) is 57.9 Å². The van der Waals surface area contributed by atoms with Gasteiger partial charge in [-0.2, -0.15) is 4.31 Å². The first-order valence-electron chi connectivity index (χ1n) is 11.9. The maximum Gasteiger partial charge on any atom is 0.340 e. The van der Waals surface area contributed by atoms with Gasteiger partial charge in [0.25, 0.3) is 0 Å². The molecule has 8 nitrogen and oxygen atoms in total. The molecule has 1 fully saturated rings. The number of hydrogen-bond donors (Lipinski definition) is 0. The van der Waals surface area contributed by atoms with E-state index in [1.807, 2.05) is 31.4 Å². The van der Waals surface area contributed by atoms with E-state index < -0.39 is 22.6 Å². The Morgan fingerprint density at radius 3 is 2.21 bits per heavy atom. The van der Waals surface area contributed by atoms with E-state index in [-0.39, 0.29) is 16.2 Å². The van der Waals surface area contributed by atoms with Gasteiger partial charge < -0.3 is 14.2 Å². The molecule has 0 saturated carbocycles. The number of anilines is 1. The molecule has 1 aliphatic rings. The molecule has 0 amide bonds. The monoisotopic (exact) mass is 489 g/mol. The van der Waals surface area contributed by atoms with E-state index in [9.17, 15) is 18.0 Å². The Labute approximate surface area is 202 Å². The Bertz CT molecular complexity index is 1160. The molecule has 0 atom stereocenters. The standard InChI is InChI=1S/C25H35N3O5S/c1-6-27(7-2)34(31,32)20-11-12-23(26-13-9-10-14-26)22(16-20)25(30)33-17-24(29)21-15-18(4)28(8-3)19(21)5/h11-12,15-16H,6-10,13-14,17H2,1-5H3. The summed E-state index contributed by atoms with van der Waals surface area (Å²) in [5.74, 6) is -0.980. The van der Waals surface area contributed by atoms with E-state index in [4.69, 9.17) is 4.74 Å². The molecule has 34 heavy (non-hydrogen) atoms. The second-order valence-electron chi connectivity index (χ2n) is 8.49. The van der Waals surface area contributed by atoms with Crippen LogP contribution in [-0.2, 0) is 21.3 Å². The lowest BCUT2D eigenvalue weighted by atomic mass is 10.1. The van der Waals surface area contributed by atoms with Gasteiger partial charge in [-0.15, -0.1) is 0 Å². The van der Waals surface area contributed by atoms with Crippen molar-refractivity contribution in [3.63, 3.8) is 0 Å². The number of aromatic nitrogens is 1. The summed E-state index contributed by atoms with van der Waals surface area (Å²) in [6.07, 6.45) is 2.00. The van der Waals surface area contributed by atoms with E-state index in [1.165, 1.54) is 10.4 Å². The predicted octanol–water partition coefficient (Wildman–Crippen LogP) is 3.80. The second-order valence-corrected chi connectivity index (χ2v) is 10.4. The third-order valence-corrected chi connectivity index (χ3v) is 8.55. The van der Waals surface area contributed by atoms with Crippen molar-refractivity contribution in [3.05, 3.63) is 46.8 Å². The molecule has 0 N–H and O–H groups in total. The van der Waals surface area contributed by atoms with Crippen LogP contribution in [0.5, 0.6) is 0 Å². The van der Waals surface area contributed by atoms with E-state index >= 15 is 0 Å². The molecule has 2 aromatic rings. The minimum absolute atomic E-state index is 0.0453.